The number of nitrogens with two attached hydrogens (primary N) is 1. The predicted octanol–water partition coefficient (Wildman–Crippen LogP) is 8.41. The molecule has 1 aliphatic heterocycles. The van der Waals surface area contributed by atoms with Crippen molar-refractivity contribution in [1.82, 2.24) is 5.32 Å². The Morgan fingerprint density at radius 2 is 1.17 bits per heavy atom. The fraction of sp³-hybridized carbons (Fsp3) is 0.844. The van der Waals surface area contributed by atoms with Gasteiger partial charge in [-0.15, -0.1) is 0 Å². The second-order valence-corrected chi connectivity index (χ2v) is 16.1. The molecule has 9 heteroatoms. The SMILES string of the molecule is CCCCCCCCCCCCCCCCCCCCCCCCCC(=O)N[C@@H](CO[C@H]1OC(CO)[C@H](O)C(O)C1O)[C@H](N)CCCCc1ccccc1. The van der Waals surface area contributed by atoms with Crippen LogP contribution in [-0.2, 0) is 20.7 Å². The summed E-state index contributed by atoms with van der Waals surface area (Å²) in [6.07, 6.45) is 27.7. The molecular weight excluding hydrogens is 681 g/mol. The number of aryl methyl sites for hydroxylation is 1. The van der Waals surface area contributed by atoms with Crippen LogP contribution in [0.5, 0.6) is 0 Å². The summed E-state index contributed by atoms with van der Waals surface area (Å²) >= 11 is 0. The Bertz CT molecular complexity index is 999. The van der Waals surface area contributed by atoms with Gasteiger partial charge in [0.1, 0.15) is 24.4 Å². The Kier molecular flexibility index (Phi) is 29.2. The summed E-state index contributed by atoms with van der Waals surface area (Å²) < 4.78 is 11.3. The Morgan fingerprint density at radius 1 is 0.685 bits per heavy atom. The van der Waals surface area contributed by atoms with Crippen LogP contribution in [0.4, 0.5) is 0 Å². The molecule has 2 rings (SSSR count). The van der Waals surface area contributed by atoms with E-state index in [1.165, 1.54) is 134 Å². The second-order valence-electron chi connectivity index (χ2n) is 16.1. The van der Waals surface area contributed by atoms with Gasteiger partial charge >= 0.3 is 0 Å². The zero-order valence-corrected chi connectivity index (χ0v) is 34.2. The van der Waals surface area contributed by atoms with E-state index in [4.69, 9.17) is 15.2 Å². The van der Waals surface area contributed by atoms with Crippen LogP contribution in [0.2, 0.25) is 0 Å². The smallest absolute Gasteiger partial charge is 0.220 e. The van der Waals surface area contributed by atoms with Crippen molar-refractivity contribution in [3.63, 3.8) is 0 Å². The number of carbonyl (C=O) groups is 1. The molecule has 0 radical (unpaired) electrons. The number of aliphatic hydroxyl groups is 4. The fourth-order valence-corrected chi connectivity index (χ4v) is 7.58. The van der Waals surface area contributed by atoms with Crippen molar-refractivity contribution in [2.24, 2.45) is 5.73 Å². The number of aliphatic hydroxyl groups excluding tert-OH is 4. The molecule has 7 atom stereocenters. The number of nitrogens with one attached hydrogen (secondary N) is 1. The number of benzene rings is 1. The van der Waals surface area contributed by atoms with E-state index in [1.54, 1.807) is 0 Å². The van der Waals surface area contributed by atoms with E-state index in [-0.39, 0.29) is 18.6 Å². The van der Waals surface area contributed by atoms with Crippen molar-refractivity contribution in [3.8, 4) is 0 Å². The largest absolute Gasteiger partial charge is 0.394 e. The molecule has 1 heterocycles. The maximum absolute atomic E-state index is 13.0. The van der Waals surface area contributed by atoms with Gasteiger partial charge in [0.2, 0.25) is 5.91 Å². The van der Waals surface area contributed by atoms with Crippen LogP contribution >= 0.6 is 0 Å². The van der Waals surface area contributed by atoms with Crippen molar-refractivity contribution in [2.75, 3.05) is 13.2 Å². The quantitative estimate of drug-likeness (QED) is 0.0377. The highest BCUT2D eigenvalue weighted by molar-refractivity contribution is 5.76. The summed E-state index contributed by atoms with van der Waals surface area (Å²) in [6, 6.07) is 9.39. The lowest BCUT2D eigenvalue weighted by Gasteiger charge is -2.40. The molecule has 1 fully saturated rings. The van der Waals surface area contributed by atoms with Crippen LogP contribution in [0.1, 0.15) is 186 Å². The van der Waals surface area contributed by atoms with Gasteiger partial charge in [0.05, 0.1) is 19.3 Å². The molecule has 0 spiro atoms. The highest BCUT2D eigenvalue weighted by Gasteiger charge is 2.44. The van der Waals surface area contributed by atoms with E-state index in [0.717, 1.165) is 38.5 Å². The Labute approximate surface area is 329 Å². The summed E-state index contributed by atoms with van der Waals surface area (Å²) in [5, 5.41) is 43.3. The highest BCUT2D eigenvalue weighted by atomic mass is 16.7. The van der Waals surface area contributed by atoms with Gasteiger partial charge in [-0.25, -0.2) is 0 Å². The van der Waals surface area contributed by atoms with Crippen LogP contribution in [0.3, 0.4) is 0 Å². The highest BCUT2D eigenvalue weighted by Crippen LogP contribution is 2.23. The van der Waals surface area contributed by atoms with E-state index in [9.17, 15) is 25.2 Å². The van der Waals surface area contributed by atoms with Crippen LogP contribution < -0.4 is 11.1 Å². The summed E-state index contributed by atoms with van der Waals surface area (Å²) in [7, 11) is 0. The Hall–Kier alpha value is -1.59. The Morgan fingerprint density at radius 3 is 1.65 bits per heavy atom. The third-order valence-corrected chi connectivity index (χ3v) is 11.3. The van der Waals surface area contributed by atoms with Gasteiger partial charge in [-0.1, -0.05) is 185 Å². The van der Waals surface area contributed by atoms with Gasteiger partial charge < -0.3 is 41.0 Å². The van der Waals surface area contributed by atoms with Crippen molar-refractivity contribution < 1.29 is 34.7 Å². The molecule has 1 saturated heterocycles. The predicted molar refractivity (Wildman–Crippen MR) is 220 cm³/mol. The van der Waals surface area contributed by atoms with E-state index in [1.807, 2.05) is 18.2 Å². The lowest BCUT2D eigenvalue weighted by molar-refractivity contribution is -0.302. The standard InChI is InChI=1S/C45H82N2O7/c1-2-3-4-5-6-7-8-9-10-11-12-13-14-15-16-17-18-19-20-21-22-23-27-34-41(49)47-39(38(46)33-29-28-32-37-30-25-24-26-31-37)36-53-45-44(52)43(51)42(50)40(35-48)54-45/h24-26,30-31,38-40,42-45,48,50-52H,2-23,27-29,32-36,46H2,1H3,(H,47,49)/t38-,39+,40?,42+,43?,44?,45+/m1/s1. The van der Waals surface area contributed by atoms with Crippen molar-refractivity contribution in [1.29, 1.82) is 0 Å². The average molecular weight is 763 g/mol. The van der Waals surface area contributed by atoms with Gasteiger partial charge in [-0.3, -0.25) is 4.79 Å². The number of amides is 1. The number of hydrogen-bond acceptors (Lipinski definition) is 8. The molecule has 1 aromatic carbocycles. The van der Waals surface area contributed by atoms with E-state index in [2.05, 4.69) is 24.4 Å². The minimum atomic E-state index is -1.53. The maximum Gasteiger partial charge on any atom is 0.220 e. The number of carbonyl (C=O) groups excluding carboxylic acids is 1. The molecule has 1 aromatic rings. The molecule has 1 aliphatic rings. The molecule has 3 unspecified atom stereocenters. The van der Waals surface area contributed by atoms with E-state index < -0.39 is 43.4 Å². The third kappa shape index (κ3) is 22.8. The molecule has 0 aromatic heterocycles. The number of unbranched alkanes of at least 4 members (excludes halogenated alkanes) is 23. The van der Waals surface area contributed by atoms with Crippen molar-refractivity contribution in [3.05, 3.63) is 35.9 Å². The van der Waals surface area contributed by atoms with Gasteiger partial charge in [0.15, 0.2) is 6.29 Å². The minimum absolute atomic E-state index is 0.0340. The second kappa shape index (κ2) is 32.5. The summed E-state index contributed by atoms with van der Waals surface area (Å²) in [5.74, 6) is -0.0827. The molecule has 0 saturated carbocycles. The number of ether oxygens (including phenoxy) is 2. The zero-order chi connectivity index (χ0) is 39.1. The molecule has 314 valence electrons. The minimum Gasteiger partial charge on any atom is -0.394 e. The van der Waals surface area contributed by atoms with Crippen LogP contribution in [0.25, 0.3) is 0 Å². The zero-order valence-electron chi connectivity index (χ0n) is 34.2. The maximum atomic E-state index is 13.0. The average Bonchev–Trinajstić information content (AvgIpc) is 3.18. The van der Waals surface area contributed by atoms with Crippen molar-refractivity contribution in [2.45, 2.75) is 229 Å². The summed E-state index contributed by atoms with van der Waals surface area (Å²) in [6.45, 7) is 1.71. The molecule has 9 nitrogen and oxygen atoms in total. The van der Waals surface area contributed by atoms with Gasteiger partial charge in [0.25, 0.3) is 0 Å². The van der Waals surface area contributed by atoms with E-state index >= 15 is 0 Å². The number of rotatable bonds is 35. The van der Waals surface area contributed by atoms with Gasteiger partial charge in [-0.05, 0) is 31.2 Å². The van der Waals surface area contributed by atoms with E-state index in [0.29, 0.717) is 12.8 Å². The summed E-state index contributed by atoms with van der Waals surface area (Å²) in [4.78, 5) is 13.0. The monoisotopic (exact) mass is 763 g/mol. The van der Waals surface area contributed by atoms with Gasteiger partial charge in [-0.2, -0.15) is 0 Å². The lowest BCUT2D eigenvalue weighted by atomic mass is 9.99. The number of hydrogen-bond donors (Lipinski definition) is 6. The first-order valence-corrected chi connectivity index (χ1v) is 22.4. The van der Waals surface area contributed by atoms with Crippen LogP contribution in [0, 0.1) is 0 Å². The molecular formula is C45H82N2O7. The first-order chi connectivity index (χ1) is 26.4. The molecule has 54 heavy (non-hydrogen) atoms. The first-order valence-electron chi connectivity index (χ1n) is 22.4. The van der Waals surface area contributed by atoms with Gasteiger partial charge in [0, 0.05) is 12.5 Å². The normalized spacial score (nSPS) is 21.3. The summed E-state index contributed by atoms with van der Waals surface area (Å²) in [5.41, 5.74) is 7.86. The topological polar surface area (TPSA) is 155 Å². The van der Waals surface area contributed by atoms with Crippen LogP contribution in [0.15, 0.2) is 30.3 Å². The first kappa shape index (κ1) is 48.6. The van der Waals surface area contributed by atoms with Crippen LogP contribution in [-0.4, -0.2) is 82.3 Å². The molecule has 7 N–H and O–H groups in total. The lowest BCUT2D eigenvalue weighted by Crippen LogP contribution is -2.60. The van der Waals surface area contributed by atoms with Crippen molar-refractivity contribution >= 4 is 5.91 Å². The fourth-order valence-electron chi connectivity index (χ4n) is 7.58. The third-order valence-electron chi connectivity index (χ3n) is 11.3. The Balaban J connectivity index is 1.53. The molecule has 1 amide bonds. The molecule has 0 bridgehead atoms. The molecule has 0 aliphatic carbocycles.